The summed E-state index contributed by atoms with van der Waals surface area (Å²) >= 11 is 3.20. The molecule has 1 heterocycles. The maximum atomic E-state index is 12.6. The van der Waals surface area contributed by atoms with Crippen LogP contribution in [0, 0.1) is 0 Å². The van der Waals surface area contributed by atoms with E-state index in [0.717, 1.165) is 12.1 Å². The lowest BCUT2D eigenvalue weighted by Crippen LogP contribution is -2.08. The van der Waals surface area contributed by atoms with E-state index in [1.165, 1.54) is 10.7 Å². The van der Waals surface area contributed by atoms with Gasteiger partial charge in [0.2, 0.25) is 0 Å². The lowest BCUT2D eigenvalue weighted by Gasteiger charge is -2.11. The molecule has 0 radical (unpaired) electrons. The minimum absolute atomic E-state index is 0.270. The number of hydrogen-bond acceptors (Lipinski definition) is 3. The molecule has 0 saturated carbocycles. The van der Waals surface area contributed by atoms with Gasteiger partial charge in [-0.3, -0.25) is 0 Å². The van der Waals surface area contributed by atoms with Gasteiger partial charge >= 0.3 is 6.18 Å². The highest BCUT2D eigenvalue weighted by Gasteiger charge is 2.31. The zero-order chi connectivity index (χ0) is 13.3. The lowest BCUT2D eigenvalue weighted by molar-refractivity contribution is -0.137. The first-order valence-corrected chi connectivity index (χ1v) is 5.87. The van der Waals surface area contributed by atoms with Crippen molar-refractivity contribution in [3.05, 3.63) is 34.1 Å². The number of aryl methyl sites for hydroxylation is 1. The minimum atomic E-state index is -4.39. The molecule has 0 aliphatic rings. The van der Waals surface area contributed by atoms with Crippen LogP contribution < -0.4 is 0 Å². The van der Waals surface area contributed by atoms with Crippen LogP contribution in [-0.2, 0) is 12.6 Å². The summed E-state index contributed by atoms with van der Waals surface area (Å²) in [6, 6.07) is 3.35. The van der Waals surface area contributed by atoms with E-state index < -0.39 is 11.7 Å². The molecule has 18 heavy (non-hydrogen) atoms. The highest BCUT2D eigenvalue weighted by Crippen LogP contribution is 2.33. The molecule has 2 rings (SSSR count). The number of benzene rings is 1. The molecule has 0 fully saturated rings. The van der Waals surface area contributed by atoms with Crippen molar-refractivity contribution in [3.8, 4) is 5.69 Å². The van der Waals surface area contributed by atoms with Gasteiger partial charge in [-0.25, -0.2) is 0 Å². The van der Waals surface area contributed by atoms with E-state index in [-0.39, 0.29) is 5.69 Å². The van der Waals surface area contributed by atoms with E-state index in [4.69, 9.17) is 0 Å². The first-order chi connectivity index (χ1) is 8.43. The minimum Gasteiger partial charge on any atom is -0.196 e. The fraction of sp³-hybridized carbons (Fsp3) is 0.300. The Morgan fingerprint density at radius 2 is 2.06 bits per heavy atom. The van der Waals surface area contributed by atoms with E-state index in [9.17, 15) is 13.2 Å². The van der Waals surface area contributed by atoms with Gasteiger partial charge in [-0.05, 0) is 44.6 Å². The molecular weight excluding hydrogens is 313 g/mol. The molecular formula is C10H8BrF3N4. The number of rotatable bonds is 2. The van der Waals surface area contributed by atoms with Crippen molar-refractivity contribution in [3.63, 3.8) is 0 Å². The second-order valence-corrected chi connectivity index (χ2v) is 4.38. The average Bonchev–Trinajstić information content (AvgIpc) is 2.76. The van der Waals surface area contributed by atoms with Crippen LogP contribution >= 0.6 is 15.9 Å². The van der Waals surface area contributed by atoms with Crippen LogP contribution in [0.25, 0.3) is 5.69 Å². The van der Waals surface area contributed by atoms with Crippen LogP contribution in [0.3, 0.4) is 0 Å². The molecule has 0 N–H and O–H groups in total. The predicted octanol–water partition coefficient (Wildman–Crippen LogP) is 3.01. The summed E-state index contributed by atoms with van der Waals surface area (Å²) in [5.74, 6) is 0.495. The molecule has 0 bridgehead atoms. The second kappa shape index (κ2) is 4.68. The van der Waals surface area contributed by atoms with Crippen molar-refractivity contribution < 1.29 is 13.2 Å². The maximum absolute atomic E-state index is 12.6. The zero-order valence-electron chi connectivity index (χ0n) is 9.24. The largest absolute Gasteiger partial charge is 0.416 e. The summed E-state index contributed by atoms with van der Waals surface area (Å²) in [4.78, 5) is 0. The molecule has 96 valence electrons. The summed E-state index contributed by atoms with van der Waals surface area (Å²) in [6.45, 7) is 1.82. The van der Waals surface area contributed by atoms with E-state index in [1.54, 1.807) is 0 Å². The maximum Gasteiger partial charge on any atom is 0.416 e. The third-order valence-corrected chi connectivity index (χ3v) is 3.02. The van der Waals surface area contributed by atoms with Gasteiger partial charge in [0.05, 0.1) is 11.3 Å². The summed E-state index contributed by atoms with van der Waals surface area (Å²) in [7, 11) is 0. The third-order valence-electron chi connectivity index (χ3n) is 2.35. The molecule has 0 aliphatic heterocycles. The highest BCUT2D eigenvalue weighted by molar-refractivity contribution is 9.10. The van der Waals surface area contributed by atoms with Crippen LogP contribution in [0.5, 0.6) is 0 Å². The summed E-state index contributed by atoms with van der Waals surface area (Å²) < 4.78 is 39.7. The van der Waals surface area contributed by atoms with Gasteiger partial charge in [-0.2, -0.15) is 17.9 Å². The van der Waals surface area contributed by atoms with Crippen molar-refractivity contribution >= 4 is 15.9 Å². The van der Waals surface area contributed by atoms with Gasteiger partial charge < -0.3 is 0 Å². The van der Waals surface area contributed by atoms with Gasteiger partial charge in [0.25, 0.3) is 0 Å². The molecule has 2 aromatic rings. The van der Waals surface area contributed by atoms with Gasteiger partial charge in [0, 0.05) is 10.9 Å². The predicted molar refractivity (Wildman–Crippen MR) is 61.2 cm³/mol. The molecule has 1 aromatic carbocycles. The normalized spacial score (nSPS) is 11.8. The van der Waals surface area contributed by atoms with Crippen molar-refractivity contribution in [1.82, 2.24) is 20.2 Å². The summed E-state index contributed by atoms with van der Waals surface area (Å²) in [5.41, 5.74) is -0.468. The average molecular weight is 321 g/mol. The van der Waals surface area contributed by atoms with Crippen molar-refractivity contribution in [2.24, 2.45) is 0 Å². The van der Waals surface area contributed by atoms with Gasteiger partial charge in [0.15, 0.2) is 5.82 Å². The Morgan fingerprint density at radius 3 is 2.67 bits per heavy atom. The zero-order valence-corrected chi connectivity index (χ0v) is 10.8. The van der Waals surface area contributed by atoms with E-state index >= 15 is 0 Å². The number of aromatic nitrogens is 4. The quantitative estimate of drug-likeness (QED) is 0.854. The van der Waals surface area contributed by atoms with Crippen molar-refractivity contribution in [1.29, 1.82) is 0 Å². The summed E-state index contributed by atoms with van der Waals surface area (Å²) in [6.07, 6.45) is -3.87. The van der Waals surface area contributed by atoms with Crippen LogP contribution in [0.15, 0.2) is 22.7 Å². The number of tetrazole rings is 1. The monoisotopic (exact) mass is 320 g/mol. The molecule has 0 unspecified atom stereocenters. The number of hydrogen-bond donors (Lipinski definition) is 0. The number of halogens is 4. The topological polar surface area (TPSA) is 43.6 Å². The highest BCUT2D eigenvalue weighted by atomic mass is 79.9. The fourth-order valence-corrected chi connectivity index (χ4v) is 1.88. The molecule has 1 aromatic heterocycles. The SMILES string of the molecule is CCc1nnnn1-c1cc(C(F)(F)F)ccc1Br. The van der Waals surface area contributed by atoms with Crippen molar-refractivity contribution in [2.75, 3.05) is 0 Å². The molecule has 8 heteroatoms. The molecule has 0 amide bonds. The number of alkyl halides is 3. The first-order valence-electron chi connectivity index (χ1n) is 5.08. The molecule has 0 spiro atoms. The van der Waals surface area contributed by atoms with E-state index in [1.807, 2.05) is 6.92 Å². The van der Waals surface area contributed by atoms with Crippen molar-refractivity contribution in [2.45, 2.75) is 19.5 Å². The molecule has 0 atom stereocenters. The van der Waals surface area contributed by atoms with Gasteiger partial charge in [-0.15, -0.1) is 5.10 Å². The van der Waals surface area contributed by atoms with E-state index in [2.05, 4.69) is 31.5 Å². The third kappa shape index (κ3) is 2.38. The van der Waals surface area contributed by atoms with Crippen LogP contribution in [0.4, 0.5) is 13.2 Å². The van der Waals surface area contributed by atoms with Gasteiger partial charge in [0.1, 0.15) is 0 Å². The summed E-state index contributed by atoms with van der Waals surface area (Å²) in [5, 5.41) is 10.9. The second-order valence-electron chi connectivity index (χ2n) is 3.52. The van der Waals surface area contributed by atoms with Crippen LogP contribution in [-0.4, -0.2) is 20.2 Å². The Bertz CT molecular complexity index is 564. The Labute approximate surface area is 109 Å². The Morgan fingerprint density at radius 1 is 1.33 bits per heavy atom. The molecule has 4 nitrogen and oxygen atoms in total. The molecule has 0 aliphatic carbocycles. The Kier molecular flexibility index (Phi) is 3.38. The van der Waals surface area contributed by atoms with Crippen LogP contribution in [0.2, 0.25) is 0 Å². The Hall–Kier alpha value is -1.44. The first kappa shape index (κ1) is 13.0. The lowest BCUT2D eigenvalue weighted by atomic mass is 10.2. The fourth-order valence-electron chi connectivity index (χ4n) is 1.46. The standard InChI is InChI=1S/C10H8BrF3N4/c1-2-9-15-16-17-18(9)8-5-6(10(12,13)14)3-4-7(8)11/h3-5H,2H2,1H3. The van der Waals surface area contributed by atoms with E-state index in [0.29, 0.717) is 16.7 Å². The smallest absolute Gasteiger partial charge is 0.196 e. The number of nitrogens with zero attached hydrogens (tertiary/aromatic N) is 4. The van der Waals surface area contributed by atoms with Crippen LogP contribution in [0.1, 0.15) is 18.3 Å². The molecule has 0 saturated heterocycles. The Balaban J connectivity index is 2.57. The van der Waals surface area contributed by atoms with Gasteiger partial charge in [-0.1, -0.05) is 6.92 Å².